The van der Waals surface area contributed by atoms with E-state index in [-0.39, 0.29) is 5.56 Å². The molecule has 222 valence electrons. The smallest absolute Gasteiger partial charge is 0.291 e. The van der Waals surface area contributed by atoms with Gasteiger partial charge in [-0.3, -0.25) is 4.79 Å². The van der Waals surface area contributed by atoms with Crippen LogP contribution in [-0.2, 0) is 6.61 Å². The topological polar surface area (TPSA) is 83.5 Å². The Kier molecular flexibility index (Phi) is 7.67. The van der Waals surface area contributed by atoms with Crippen LogP contribution < -0.4 is 19.6 Å². The van der Waals surface area contributed by atoms with E-state index in [9.17, 15) is 4.79 Å². The molecule has 0 atom stereocenters. The van der Waals surface area contributed by atoms with Crippen molar-refractivity contribution in [1.29, 1.82) is 0 Å². The number of aryl methyl sites for hydroxylation is 1. The van der Waals surface area contributed by atoms with Crippen LogP contribution in [-0.4, -0.2) is 31.0 Å². The molecule has 0 fully saturated rings. The van der Waals surface area contributed by atoms with Gasteiger partial charge in [0.1, 0.15) is 23.8 Å². The standard InChI is InChI=1S/C36H29N5O3S/c1-3-43-30-17-14-26(15-18-30)34-37-36-41(39-34)35(42)32(45-36)21-28-22-40(29-12-8-5-9-13-29)38-33(28)27-16-19-31(24(2)20-27)44-23-25-10-6-4-7-11-25/h4-22H,3,23H2,1-2H3. The van der Waals surface area contributed by atoms with Crippen molar-refractivity contribution in [3.8, 4) is 39.8 Å². The normalized spacial score (nSPS) is 11.7. The van der Waals surface area contributed by atoms with Crippen molar-refractivity contribution in [2.45, 2.75) is 20.5 Å². The summed E-state index contributed by atoms with van der Waals surface area (Å²) >= 11 is 1.30. The Morgan fingerprint density at radius 2 is 1.58 bits per heavy atom. The third-order valence-corrected chi connectivity index (χ3v) is 8.30. The summed E-state index contributed by atoms with van der Waals surface area (Å²) < 4.78 is 15.4. The minimum absolute atomic E-state index is 0.223. The molecule has 3 heterocycles. The van der Waals surface area contributed by atoms with Gasteiger partial charge in [0.25, 0.3) is 5.56 Å². The van der Waals surface area contributed by atoms with E-state index in [2.05, 4.69) is 16.1 Å². The first-order valence-corrected chi connectivity index (χ1v) is 15.4. The van der Waals surface area contributed by atoms with Gasteiger partial charge in [0.15, 0.2) is 5.82 Å². The summed E-state index contributed by atoms with van der Waals surface area (Å²) in [4.78, 5) is 18.7. The summed E-state index contributed by atoms with van der Waals surface area (Å²) in [6, 6.07) is 33.6. The molecule has 0 saturated carbocycles. The number of ether oxygens (including phenoxy) is 2. The summed E-state index contributed by atoms with van der Waals surface area (Å²) in [7, 11) is 0. The van der Waals surface area contributed by atoms with Gasteiger partial charge in [-0.1, -0.05) is 59.9 Å². The zero-order chi connectivity index (χ0) is 30.8. The van der Waals surface area contributed by atoms with Gasteiger partial charge in [0, 0.05) is 22.9 Å². The fraction of sp³-hybridized carbons (Fsp3) is 0.111. The van der Waals surface area contributed by atoms with Crippen LogP contribution in [0.5, 0.6) is 11.5 Å². The van der Waals surface area contributed by atoms with Crippen LogP contribution in [0.1, 0.15) is 23.6 Å². The minimum Gasteiger partial charge on any atom is -0.494 e. The quantitative estimate of drug-likeness (QED) is 0.185. The van der Waals surface area contributed by atoms with Crippen LogP contribution in [0, 0.1) is 6.92 Å². The lowest BCUT2D eigenvalue weighted by atomic mass is 10.0. The van der Waals surface area contributed by atoms with Crippen molar-refractivity contribution < 1.29 is 9.47 Å². The molecular weight excluding hydrogens is 582 g/mol. The first kappa shape index (κ1) is 28.2. The van der Waals surface area contributed by atoms with Crippen LogP contribution in [0.4, 0.5) is 0 Å². The van der Waals surface area contributed by atoms with Crippen molar-refractivity contribution in [2.75, 3.05) is 6.61 Å². The Labute approximate surface area is 263 Å². The monoisotopic (exact) mass is 611 g/mol. The van der Waals surface area contributed by atoms with E-state index in [1.807, 2.05) is 128 Å². The van der Waals surface area contributed by atoms with Crippen LogP contribution in [0.25, 0.3) is 39.4 Å². The van der Waals surface area contributed by atoms with Gasteiger partial charge in [0.2, 0.25) is 4.96 Å². The third-order valence-electron chi connectivity index (χ3n) is 7.34. The molecule has 7 aromatic rings. The van der Waals surface area contributed by atoms with Gasteiger partial charge >= 0.3 is 0 Å². The number of fused-ring (bicyclic) bond motifs is 1. The molecule has 0 N–H and O–H groups in total. The predicted octanol–water partition coefficient (Wildman–Crippen LogP) is 6.50. The van der Waals surface area contributed by atoms with Crippen LogP contribution in [0.2, 0.25) is 0 Å². The van der Waals surface area contributed by atoms with Crippen molar-refractivity contribution in [3.05, 3.63) is 141 Å². The maximum Gasteiger partial charge on any atom is 0.291 e. The summed E-state index contributed by atoms with van der Waals surface area (Å²) in [5.74, 6) is 2.09. The van der Waals surface area contributed by atoms with E-state index in [0.717, 1.165) is 50.7 Å². The third kappa shape index (κ3) is 5.85. The largest absolute Gasteiger partial charge is 0.494 e. The number of nitrogens with zero attached hydrogens (tertiary/aromatic N) is 5. The fourth-order valence-corrected chi connectivity index (χ4v) is 5.99. The van der Waals surface area contributed by atoms with Gasteiger partial charge in [-0.15, -0.1) is 5.10 Å². The first-order valence-electron chi connectivity index (χ1n) is 14.6. The predicted molar refractivity (Wildman–Crippen MR) is 177 cm³/mol. The molecule has 0 amide bonds. The number of rotatable bonds is 9. The fourth-order valence-electron chi connectivity index (χ4n) is 5.09. The van der Waals surface area contributed by atoms with Gasteiger partial charge < -0.3 is 9.47 Å². The average Bonchev–Trinajstić information content (AvgIpc) is 3.77. The second kappa shape index (κ2) is 12.2. The van der Waals surface area contributed by atoms with Crippen molar-refractivity contribution >= 4 is 22.4 Å². The summed E-state index contributed by atoms with van der Waals surface area (Å²) in [5, 5.41) is 9.48. The Morgan fingerprint density at radius 3 is 2.29 bits per heavy atom. The molecule has 0 aliphatic heterocycles. The summed E-state index contributed by atoms with van der Waals surface area (Å²) in [5.41, 5.74) is 6.10. The SMILES string of the molecule is CCOc1ccc(-c2nc3sc(=Cc4cn(-c5ccccc5)nc4-c4ccc(OCc5ccccc5)c(C)c4)c(=O)n3n2)cc1. The van der Waals surface area contributed by atoms with E-state index in [0.29, 0.717) is 28.5 Å². The number of hydrogen-bond donors (Lipinski definition) is 0. The second-order valence-electron chi connectivity index (χ2n) is 10.5. The Bertz CT molecular complexity index is 2210. The highest BCUT2D eigenvalue weighted by atomic mass is 32.1. The summed E-state index contributed by atoms with van der Waals surface area (Å²) in [6.07, 6.45) is 3.82. The number of benzene rings is 4. The Hall–Kier alpha value is -5.54. The molecule has 0 saturated heterocycles. The van der Waals surface area contributed by atoms with E-state index in [4.69, 9.17) is 14.6 Å². The zero-order valence-corrected chi connectivity index (χ0v) is 25.6. The van der Waals surface area contributed by atoms with Crippen LogP contribution >= 0.6 is 11.3 Å². The maximum absolute atomic E-state index is 13.5. The first-order chi connectivity index (χ1) is 22.1. The molecule has 9 heteroatoms. The highest BCUT2D eigenvalue weighted by Gasteiger charge is 2.16. The van der Waals surface area contributed by atoms with Crippen molar-refractivity contribution in [2.24, 2.45) is 0 Å². The molecule has 0 aliphatic carbocycles. The van der Waals surface area contributed by atoms with E-state index >= 15 is 0 Å². The number of thiazole rings is 1. The number of aromatic nitrogens is 5. The second-order valence-corrected chi connectivity index (χ2v) is 11.5. The molecule has 7 rings (SSSR count). The lowest BCUT2D eigenvalue weighted by Gasteiger charge is -2.10. The van der Waals surface area contributed by atoms with Crippen molar-refractivity contribution in [1.82, 2.24) is 24.4 Å². The van der Waals surface area contributed by atoms with Crippen LogP contribution in [0.3, 0.4) is 0 Å². The van der Waals surface area contributed by atoms with Gasteiger partial charge in [-0.25, -0.2) is 4.68 Å². The molecule has 3 aromatic heterocycles. The summed E-state index contributed by atoms with van der Waals surface area (Å²) in [6.45, 7) is 5.05. The number of para-hydroxylation sites is 1. The molecule has 45 heavy (non-hydrogen) atoms. The van der Waals surface area contributed by atoms with E-state index < -0.39 is 0 Å². The van der Waals surface area contributed by atoms with E-state index in [1.54, 1.807) is 0 Å². The minimum atomic E-state index is -0.223. The van der Waals surface area contributed by atoms with Crippen molar-refractivity contribution in [3.63, 3.8) is 0 Å². The highest BCUT2D eigenvalue weighted by molar-refractivity contribution is 7.15. The molecule has 0 unspecified atom stereocenters. The zero-order valence-electron chi connectivity index (χ0n) is 24.8. The molecule has 0 spiro atoms. The molecule has 8 nitrogen and oxygen atoms in total. The lowest BCUT2D eigenvalue weighted by Crippen LogP contribution is -2.23. The Morgan fingerprint density at radius 1 is 0.844 bits per heavy atom. The Balaban J connectivity index is 1.25. The molecule has 0 radical (unpaired) electrons. The lowest BCUT2D eigenvalue weighted by molar-refractivity contribution is 0.304. The van der Waals surface area contributed by atoms with E-state index in [1.165, 1.54) is 15.9 Å². The van der Waals surface area contributed by atoms with Gasteiger partial charge in [-0.05, 0) is 85.6 Å². The van der Waals surface area contributed by atoms with Gasteiger partial charge in [-0.2, -0.15) is 14.6 Å². The molecular formula is C36H29N5O3S. The van der Waals surface area contributed by atoms with Gasteiger partial charge in [0.05, 0.1) is 16.8 Å². The molecule has 0 bridgehead atoms. The average molecular weight is 612 g/mol. The molecule has 4 aromatic carbocycles. The number of hydrogen-bond acceptors (Lipinski definition) is 7. The highest BCUT2D eigenvalue weighted by Crippen LogP contribution is 2.30. The molecule has 0 aliphatic rings. The maximum atomic E-state index is 13.5. The van der Waals surface area contributed by atoms with Crippen LogP contribution in [0.15, 0.2) is 114 Å².